The molecule has 0 saturated heterocycles. The van der Waals surface area contributed by atoms with Crippen molar-refractivity contribution >= 4 is 22.4 Å². The Bertz CT molecular complexity index is 427. The average Bonchev–Trinajstić information content (AvgIpc) is 2.40. The smallest absolute Gasteiger partial charge is 0.148 e. The van der Waals surface area contributed by atoms with Crippen molar-refractivity contribution in [1.82, 2.24) is 9.97 Å². The van der Waals surface area contributed by atoms with Gasteiger partial charge in [-0.1, -0.05) is 20.3 Å². The molecule has 0 aromatic carbocycles. The van der Waals surface area contributed by atoms with E-state index in [0.29, 0.717) is 5.82 Å². The number of hydrogen-bond acceptors (Lipinski definition) is 6. The van der Waals surface area contributed by atoms with Crippen molar-refractivity contribution < 1.29 is 4.21 Å². The van der Waals surface area contributed by atoms with E-state index < -0.39 is 10.8 Å². The van der Waals surface area contributed by atoms with Crippen LogP contribution in [0.3, 0.4) is 0 Å². The topological polar surface area (TPSA) is 92.9 Å². The SMILES string of the molecule is CCCc1c(NN)ncnc1NCCC(C)S(C)=O. The highest BCUT2D eigenvalue weighted by Gasteiger charge is 2.11. The first-order valence-electron chi connectivity index (χ1n) is 6.46. The predicted molar refractivity (Wildman–Crippen MR) is 80.5 cm³/mol. The highest BCUT2D eigenvalue weighted by Crippen LogP contribution is 2.20. The van der Waals surface area contributed by atoms with Crippen LogP contribution in [-0.2, 0) is 17.2 Å². The van der Waals surface area contributed by atoms with Gasteiger partial charge in [0.25, 0.3) is 0 Å². The monoisotopic (exact) mass is 285 g/mol. The second-order valence-electron chi connectivity index (χ2n) is 4.47. The molecule has 4 N–H and O–H groups in total. The van der Waals surface area contributed by atoms with Crippen molar-refractivity contribution in [2.24, 2.45) is 5.84 Å². The van der Waals surface area contributed by atoms with E-state index in [1.54, 1.807) is 6.26 Å². The zero-order valence-electron chi connectivity index (χ0n) is 11.8. The largest absolute Gasteiger partial charge is 0.370 e. The summed E-state index contributed by atoms with van der Waals surface area (Å²) in [6.07, 6.45) is 5.90. The Balaban J connectivity index is 2.69. The molecule has 0 aliphatic heterocycles. The van der Waals surface area contributed by atoms with E-state index >= 15 is 0 Å². The van der Waals surface area contributed by atoms with Gasteiger partial charge >= 0.3 is 0 Å². The molecular formula is C12H23N5OS. The number of hydrogen-bond donors (Lipinski definition) is 3. The van der Waals surface area contributed by atoms with Gasteiger partial charge in [-0.15, -0.1) is 0 Å². The fourth-order valence-electron chi connectivity index (χ4n) is 1.74. The number of nitrogen functional groups attached to an aromatic ring is 1. The Morgan fingerprint density at radius 2 is 2.11 bits per heavy atom. The summed E-state index contributed by atoms with van der Waals surface area (Å²) in [4.78, 5) is 8.37. The maximum Gasteiger partial charge on any atom is 0.148 e. The first-order valence-corrected chi connectivity index (χ1v) is 8.08. The quantitative estimate of drug-likeness (QED) is 0.492. The molecule has 6 nitrogen and oxygen atoms in total. The molecule has 1 aromatic rings. The Hall–Kier alpha value is -1.21. The van der Waals surface area contributed by atoms with Gasteiger partial charge in [-0.3, -0.25) is 4.21 Å². The van der Waals surface area contributed by atoms with Gasteiger partial charge in [0, 0.05) is 34.4 Å². The fourth-order valence-corrected chi connectivity index (χ4v) is 2.19. The molecular weight excluding hydrogens is 262 g/mol. The van der Waals surface area contributed by atoms with Crippen molar-refractivity contribution in [3.05, 3.63) is 11.9 Å². The molecule has 0 radical (unpaired) electrons. The van der Waals surface area contributed by atoms with Gasteiger partial charge in [-0.2, -0.15) is 0 Å². The summed E-state index contributed by atoms with van der Waals surface area (Å²) in [6.45, 7) is 4.81. The van der Waals surface area contributed by atoms with Gasteiger partial charge in [0.05, 0.1) is 0 Å². The lowest BCUT2D eigenvalue weighted by Gasteiger charge is -2.14. The minimum Gasteiger partial charge on any atom is -0.370 e. The number of aromatic nitrogens is 2. The molecule has 19 heavy (non-hydrogen) atoms. The lowest BCUT2D eigenvalue weighted by molar-refractivity contribution is 0.672. The molecule has 2 unspecified atom stereocenters. The van der Waals surface area contributed by atoms with Crippen LogP contribution >= 0.6 is 0 Å². The van der Waals surface area contributed by atoms with Crippen molar-refractivity contribution in [2.75, 3.05) is 23.5 Å². The van der Waals surface area contributed by atoms with Crippen LogP contribution in [0.15, 0.2) is 6.33 Å². The van der Waals surface area contributed by atoms with Crippen LogP contribution in [0.25, 0.3) is 0 Å². The van der Waals surface area contributed by atoms with Crippen LogP contribution in [0, 0.1) is 0 Å². The molecule has 0 amide bonds. The first-order chi connectivity index (χ1) is 9.10. The number of nitrogens with one attached hydrogen (secondary N) is 2. The van der Waals surface area contributed by atoms with Crippen molar-refractivity contribution in [3.8, 4) is 0 Å². The highest BCUT2D eigenvalue weighted by molar-refractivity contribution is 7.84. The molecule has 1 aromatic heterocycles. The molecule has 0 aliphatic rings. The second-order valence-corrected chi connectivity index (χ2v) is 6.27. The summed E-state index contributed by atoms with van der Waals surface area (Å²) in [5, 5.41) is 3.45. The molecule has 0 aliphatic carbocycles. The summed E-state index contributed by atoms with van der Waals surface area (Å²) in [5.74, 6) is 6.92. The van der Waals surface area contributed by atoms with E-state index in [-0.39, 0.29) is 5.25 Å². The third-order valence-corrected chi connectivity index (χ3v) is 4.36. The van der Waals surface area contributed by atoms with Crippen LogP contribution in [0.4, 0.5) is 11.6 Å². The van der Waals surface area contributed by atoms with E-state index in [4.69, 9.17) is 5.84 Å². The van der Waals surface area contributed by atoms with Crippen molar-refractivity contribution in [3.63, 3.8) is 0 Å². The lowest BCUT2D eigenvalue weighted by atomic mass is 10.1. The number of anilines is 2. The molecule has 7 heteroatoms. The molecule has 1 heterocycles. The van der Waals surface area contributed by atoms with E-state index in [0.717, 1.165) is 37.2 Å². The van der Waals surface area contributed by atoms with E-state index in [1.807, 2.05) is 6.92 Å². The highest BCUT2D eigenvalue weighted by atomic mass is 32.2. The molecule has 0 bridgehead atoms. The minimum atomic E-state index is -0.788. The molecule has 0 spiro atoms. The Morgan fingerprint density at radius 3 is 2.68 bits per heavy atom. The van der Waals surface area contributed by atoms with Crippen LogP contribution in [0.1, 0.15) is 32.3 Å². The summed E-state index contributed by atoms with van der Waals surface area (Å²) < 4.78 is 11.3. The number of nitrogens with two attached hydrogens (primary N) is 1. The number of hydrazine groups is 1. The Morgan fingerprint density at radius 1 is 1.42 bits per heavy atom. The van der Waals surface area contributed by atoms with Crippen LogP contribution in [0.5, 0.6) is 0 Å². The molecule has 0 saturated carbocycles. The molecule has 0 fully saturated rings. The van der Waals surface area contributed by atoms with Crippen LogP contribution < -0.4 is 16.6 Å². The average molecular weight is 285 g/mol. The zero-order chi connectivity index (χ0) is 14.3. The van der Waals surface area contributed by atoms with Crippen molar-refractivity contribution in [2.45, 2.75) is 38.4 Å². The standard InChI is InChI=1S/C12H23N5OS/c1-4-5-10-11(15-8-16-12(10)17-13)14-7-6-9(2)19(3)18/h8-9H,4-7,13H2,1-3H3,(H2,14,15,16,17). The molecule has 108 valence electrons. The van der Waals surface area contributed by atoms with Crippen LogP contribution in [-0.4, -0.2) is 32.2 Å². The molecule has 2 atom stereocenters. The molecule has 1 rings (SSSR count). The summed E-state index contributed by atoms with van der Waals surface area (Å²) in [6, 6.07) is 0. The lowest BCUT2D eigenvalue weighted by Crippen LogP contribution is -2.18. The summed E-state index contributed by atoms with van der Waals surface area (Å²) in [5.41, 5.74) is 3.60. The zero-order valence-corrected chi connectivity index (χ0v) is 12.6. The predicted octanol–water partition coefficient (Wildman–Crippen LogP) is 1.28. The second kappa shape index (κ2) is 8.06. The van der Waals surface area contributed by atoms with Gasteiger partial charge in [-0.25, -0.2) is 15.8 Å². The Labute approximate surface area is 117 Å². The fraction of sp³-hybridized carbons (Fsp3) is 0.667. The normalized spacial score (nSPS) is 13.9. The maximum absolute atomic E-state index is 11.3. The van der Waals surface area contributed by atoms with Gasteiger partial charge in [-0.05, 0) is 12.8 Å². The minimum absolute atomic E-state index is 0.177. The van der Waals surface area contributed by atoms with Gasteiger partial charge in [0.1, 0.15) is 18.0 Å². The first kappa shape index (κ1) is 15.8. The van der Waals surface area contributed by atoms with E-state index in [9.17, 15) is 4.21 Å². The third kappa shape index (κ3) is 4.76. The van der Waals surface area contributed by atoms with Crippen LogP contribution in [0.2, 0.25) is 0 Å². The summed E-state index contributed by atoms with van der Waals surface area (Å²) >= 11 is 0. The van der Waals surface area contributed by atoms with Gasteiger partial charge < -0.3 is 10.7 Å². The van der Waals surface area contributed by atoms with Crippen molar-refractivity contribution in [1.29, 1.82) is 0 Å². The summed E-state index contributed by atoms with van der Waals surface area (Å²) in [7, 11) is -0.788. The number of rotatable bonds is 8. The van der Waals surface area contributed by atoms with E-state index in [2.05, 4.69) is 27.6 Å². The van der Waals surface area contributed by atoms with E-state index in [1.165, 1.54) is 6.33 Å². The third-order valence-electron chi connectivity index (χ3n) is 2.99. The van der Waals surface area contributed by atoms with Gasteiger partial charge in [0.15, 0.2) is 0 Å². The van der Waals surface area contributed by atoms with Gasteiger partial charge in [0.2, 0.25) is 0 Å². The maximum atomic E-state index is 11.3. The number of nitrogens with zero attached hydrogens (tertiary/aromatic N) is 2. The Kier molecular flexibility index (Phi) is 6.72.